The molecular weight excluding hydrogens is 138 g/mol. The van der Waals surface area contributed by atoms with Crippen LogP contribution in [0.25, 0.3) is 0 Å². The molecule has 0 aromatic rings. The van der Waals surface area contributed by atoms with Gasteiger partial charge in [-0.05, 0) is 34.1 Å². The lowest BCUT2D eigenvalue weighted by atomic mass is 10.0. The molecule has 0 saturated heterocycles. The standard InChI is InChI=1S/C9H18NO/c1-6-8(2)10(7-11)9(3,4)5/h8H,6H2,1-5H3. The number of hydrogen-bond donors (Lipinski definition) is 0. The van der Waals surface area contributed by atoms with Crippen LogP contribution in [0.3, 0.4) is 0 Å². The van der Waals surface area contributed by atoms with Crippen LogP contribution in [-0.2, 0) is 4.79 Å². The topological polar surface area (TPSA) is 20.3 Å². The van der Waals surface area contributed by atoms with Crippen molar-refractivity contribution < 1.29 is 4.79 Å². The number of nitrogens with zero attached hydrogens (tertiary/aromatic N) is 1. The zero-order chi connectivity index (χ0) is 9.07. The zero-order valence-electron chi connectivity index (χ0n) is 8.14. The summed E-state index contributed by atoms with van der Waals surface area (Å²) in [7, 11) is 0. The molecular formula is C9H18NO. The molecule has 0 fully saturated rings. The summed E-state index contributed by atoms with van der Waals surface area (Å²) in [5.74, 6) is 0. The van der Waals surface area contributed by atoms with E-state index in [1.54, 1.807) is 4.90 Å². The van der Waals surface area contributed by atoms with Gasteiger partial charge in [0.25, 0.3) is 0 Å². The minimum Gasteiger partial charge on any atom is -0.327 e. The Hall–Kier alpha value is -0.530. The van der Waals surface area contributed by atoms with Crippen molar-refractivity contribution in [3.8, 4) is 0 Å². The van der Waals surface area contributed by atoms with Crippen LogP contribution in [0.4, 0.5) is 0 Å². The molecule has 1 amide bonds. The van der Waals surface area contributed by atoms with Gasteiger partial charge in [0, 0.05) is 11.6 Å². The van der Waals surface area contributed by atoms with Crippen molar-refractivity contribution >= 4 is 6.41 Å². The van der Waals surface area contributed by atoms with Crippen molar-refractivity contribution in [2.45, 2.75) is 52.6 Å². The van der Waals surface area contributed by atoms with Crippen molar-refractivity contribution in [2.24, 2.45) is 0 Å². The normalized spacial score (nSPS) is 14.3. The van der Waals surface area contributed by atoms with E-state index >= 15 is 0 Å². The first-order chi connectivity index (χ1) is 4.93. The fraction of sp³-hybridized carbons (Fsp3) is 0.889. The van der Waals surface area contributed by atoms with Crippen LogP contribution in [0.5, 0.6) is 0 Å². The third-order valence-corrected chi connectivity index (χ3v) is 1.85. The minimum absolute atomic E-state index is 0.100. The van der Waals surface area contributed by atoms with E-state index < -0.39 is 0 Å². The largest absolute Gasteiger partial charge is 0.327 e. The van der Waals surface area contributed by atoms with Crippen LogP contribution >= 0.6 is 0 Å². The lowest BCUT2D eigenvalue weighted by Gasteiger charge is -2.35. The molecule has 65 valence electrons. The summed E-state index contributed by atoms with van der Waals surface area (Å²) in [6.45, 7) is 10.2. The van der Waals surface area contributed by atoms with E-state index in [4.69, 9.17) is 0 Å². The number of hydrogen-bond acceptors (Lipinski definition) is 1. The smallest absolute Gasteiger partial charge is 0.312 e. The van der Waals surface area contributed by atoms with E-state index in [9.17, 15) is 4.79 Å². The second-order valence-electron chi connectivity index (χ2n) is 3.89. The van der Waals surface area contributed by atoms with Crippen molar-refractivity contribution in [2.75, 3.05) is 0 Å². The summed E-state index contributed by atoms with van der Waals surface area (Å²) in [6.07, 6.45) is 2.95. The molecule has 0 aromatic heterocycles. The first-order valence-electron chi connectivity index (χ1n) is 4.10. The Labute approximate surface area is 69.6 Å². The summed E-state index contributed by atoms with van der Waals surface area (Å²) < 4.78 is 0. The monoisotopic (exact) mass is 156 g/mol. The van der Waals surface area contributed by atoms with Gasteiger partial charge >= 0.3 is 6.41 Å². The molecule has 2 nitrogen and oxygen atoms in total. The molecule has 0 aliphatic carbocycles. The third kappa shape index (κ3) is 2.91. The average Bonchev–Trinajstić information content (AvgIpc) is 1.86. The van der Waals surface area contributed by atoms with Gasteiger partial charge in [-0.2, -0.15) is 0 Å². The second kappa shape index (κ2) is 3.74. The van der Waals surface area contributed by atoms with Crippen molar-refractivity contribution in [1.29, 1.82) is 0 Å². The Bertz CT molecular complexity index is 126. The highest BCUT2D eigenvalue weighted by Crippen LogP contribution is 2.15. The number of amides is 1. The summed E-state index contributed by atoms with van der Waals surface area (Å²) in [5.41, 5.74) is -0.100. The zero-order valence-corrected chi connectivity index (χ0v) is 8.14. The quantitative estimate of drug-likeness (QED) is 0.572. The maximum Gasteiger partial charge on any atom is 0.312 e. The predicted octanol–water partition coefficient (Wildman–Crippen LogP) is 1.95. The molecule has 0 N–H and O–H groups in total. The summed E-state index contributed by atoms with van der Waals surface area (Å²) in [6, 6.07) is 0.285. The highest BCUT2D eigenvalue weighted by Gasteiger charge is 2.23. The van der Waals surface area contributed by atoms with Crippen molar-refractivity contribution in [3.63, 3.8) is 0 Å². The summed E-state index contributed by atoms with van der Waals surface area (Å²) in [4.78, 5) is 12.3. The molecule has 1 atom stereocenters. The third-order valence-electron chi connectivity index (χ3n) is 1.85. The molecule has 0 spiro atoms. The van der Waals surface area contributed by atoms with Gasteiger partial charge in [-0.25, -0.2) is 0 Å². The van der Waals surface area contributed by atoms with Gasteiger partial charge in [-0.1, -0.05) is 6.92 Å². The number of carbonyl (C=O) groups excluding carboxylic acids is 1. The first kappa shape index (κ1) is 10.5. The average molecular weight is 156 g/mol. The van der Waals surface area contributed by atoms with Crippen LogP contribution in [0.2, 0.25) is 0 Å². The van der Waals surface area contributed by atoms with Crippen molar-refractivity contribution in [3.05, 3.63) is 0 Å². The fourth-order valence-corrected chi connectivity index (χ4v) is 1.07. The highest BCUT2D eigenvalue weighted by molar-refractivity contribution is 5.50. The van der Waals surface area contributed by atoms with E-state index in [-0.39, 0.29) is 11.6 Å². The van der Waals surface area contributed by atoms with Gasteiger partial charge in [0.05, 0.1) is 0 Å². The Morgan fingerprint density at radius 3 is 2.00 bits per heavy atom. The van der Waals surface area contributed by atoms with E-state index in [0.29, 0.717) is 0 Å². The van der Waals surface area contributed by atoms with E-state index in [2.05, 4.69) is 6.92 Å². The molecule has 2 heteroatoms. The lowest BCUT2D eigenvalue weighted by molar-refractivity contribution is 0.173. The molecule has 0 bridgehead atoms. The van der Waals surface area contributed by atoms with Crippen LogP contribution in [-0.4, -0.2) is 22.9 Å². The maximum atomic E-state index is 10.6. The van der Waals surface area contributed by atoms with Gasteiger partial charge in [0.1, 0.15) is 0 Å². The van der Waals surface area contributed by atoms with Crippen LogP contribution in [0.1, 0.15) is 41.0 Å². The summed E-state index contributed by atoms with van der Waals surface area (Å²) >= 11 is 0. The minimum atomic E-state index is -0.100. The fourth-order valence-electron chi connectivity index (χ4n) is 1.07. The molecule has 0 rings (SSSR count). The Balaban J connectivity index is 4.28. The van der Waals surface area contributed by atoms with Gasteiger partial charge in [0.15, 0.2) is 0 Å². The molecule has 0 aliphatic heterocycles. The molecule has 0 aliphatic rings. The maximum absolute atomic E-state index is 10.6. The van der Waals surface area contributed by atoms with Gasteiger partial charge < -0.3 is 4.90 Å². The van der Waals surface area contributed by atoms with Crippen molar-refractivity contribution in [1.82, 2.24) is 4.90 Å². The van der Waals surface area contributed by atoms with Crippen LogP contribution in [0, 0.1) is 0 Å². The van der Waals surface area contributed by atoms with E-state index in [1.807, 2.05) is 34.1 Å². The van der Waals surface area contributed by atoms with E-state index in [1.165, 1.54) is 0 Å². The van der Waals surface area contributed by atoms with Crippen LogP contribution < -0.4 is 0 Å². The summed E-state index contributed by atoms with van der Waals surface area (Å²) in [5, 5.41) is 0. The van der Waals surface area contributed by atoms with Crippen LogP contribution in [0.15, 0.2) is 0 Å². The molecule has 0 aromatic carbocycles. The molecule has 11 heavy (non-hydrogen) atoms. The molecule has 0 heterocycles. The van der Waals surface area contributed by atoms with Gasteiger partial charge in [0.2, 0.25) is 0 Å². The molecule has 0 saturated carbocycles. The molecule has 1 unspecified atom stereocenters. The first-order valence-corrected chi connectivity index (χ1v) is 4.10. The highest BCUT2D eigenvalue weighted by atomic mass is 16.1. The van der Waals surface area contributed by atoms with Gasteiger partial charge in [-0.15, -0.1) is 0 Å². The number of rotatable bonds is 3. The Morgan fingerprint density at radius 2 is 1.91 bits per heavy atom. The Kier molecular flexibility index (Phi) is 3.56. The van der Waals surface area contributed by atoms with Gasteiger partial charge in [-0.3, -0.25) is 4.79 Å². The molecule has 1 radical (unpaired) electrons. The SMILES string of the molecule is CCC(C)N([C]=O)C(C)(C)C. The Morgan fingerprint density at radius 1 is 1.45 bits per heavy atom. The van der Waals surface area contributed by atoms with E-state index in [0.717, 1.165) is 6.42 Å². The predicted molar refractivity (Wildman–Crippen MR) is 47.0 cm³/mol. The second-order valence-corrected chi connectivity index (χ2v) is 3.89. The lowest BCUT2D eigenvalue weighted by Crippen LogP contribution is -2.45.